The minimum absolute atomic E-state index is 0.0653. The largest absolute Gasteiger partial charge is 0.486 e. The standard InChI is InChI=1S/C19H21N3O5/c1-3-21(15-5-6-16(22(24)25)13(2)10-15)12-19(23)20-14-4-7-17-18(11-14)27-9-8-26-17/h4-7,10-11H,3,8-9,12H2,1-2H3,(H,20,23). The fourth-order valence-corrected chi connectivity index (χ4v) is 2.92. The fraction of sp³-hybridized carbons (Fsp3) is 0.316. The lowest BCUT2D eigenvalue weighted by atomic mass is 10.1. The molecule has 1 N–H and O–H groups in total. The van der Waals surface area contributed by atoms with Crippen LogP contribution in [-0.2, 0) is 4.79 Å². The molecule has 0 saturated heterocycles. The number of hydrogen-bond acceptors (Lipinski definition) is 6. The van der Waals surface area contributed by atoms with E-state index in [2.05, 4.69) is 5.32 Å². The SMILES string of the molecule is CCN(CC(=O)Nc1ccc2c(c1)OCCO2)c1ccc([N+](=O)[O-])c(C)c1. The van der Waals surface area contributed by atoms with E-state index in [9.17, 15) is 14.9 Å². The van der Waals surface area contributed by atoms with E-state index in [1.807, 2.05) is 11.8 Å². The lowest BCUT2D eigenvalue weighted by Gasteiger charge is -2.23. The molecule has 2 aromatic rings. The molecule has 1 aliphatic heterocycles. The molecule has 0 unspecified atom stereocenters. The molecule has 0 atom stereocenters. The van der Waals surface area contributed by atoms with Gasteiger partial charge in [-0.05, 0) is 38.1 Å². The first-order valence-corrected chi connectivity index (χ1v) is 8.67. The van der Waals surface area contributed by atoms with Crippen LogP contribution in [0.3, 0.4) is 0 Å². The molecule has 1 aliphatic rings. The van der Waals surface area contributed by atoms with Crippen LogP contribution in [0.1, 0.15) is 12.5 Å². The van der Waals surface area contributed by atoms with Crippen molar-refractivity contribution >= 4 is 23.0 Å². The average Bonchev–Trinajstić information content (AvgIpc) is 2.65. The summed E-state index contributed by atoms with van der Waals surface area (Å²) in [4.78, 5) is 24.9. The number of hydrogen-bond donors (Lipinski definition) is 1. The summed E-state index contributed by atoms with van der Waals surface area (Å²) < 4.78 is 11.0. The number of ether oxygens (including phenoxy) is 2. The van der Waals surface area contributed by atoms with Crippen LogP contribution < -0.4 is 19.7 Å². The fourth-order valence-electron chi connectivity index (χ4n) is 2.92. The monoisotopic (exact) mass is 371 g/mol. The smallest absolute Gasteiger partial charge is 0.272 e. The highest BCUT2D eigenvalue weighted by Crippen LogP contribution is 2.32. The highest BCUT2D eigenvalue weighted by atomic mass is 16.6. The number of aryl methyl sites for hydroxylation is 1. The van der Waals surface area contributed by atoms with Crippen molar-refractivity contribution in [3.05, 3.63) is 52.1 Å². The Labute approximate surface area is 156 Å². The Morgan fingerprint density at radius 2 is 1.93 bits per heavy atom. The third-order valence-corrected chi connectivity index (χ3v) is 4.28. The second-order valence-corrected chi connectivity index (χ2v) is 6.15. The third-order valence-electron chi connectivity index (χ3n) is 4.28. The Kier molecular flexibility index (Phi) is 5.44. The van der Waals surface area contributed by atoms with E-state index < -0.39 is 4.92 Å². The number of carbonyl (C=O) groups is 1. The van der Waals surface area contributed by atoms with Crippen LogP contribution in [0.15, 0.2) is 36.4 Å². The molecule has 1 heterocycles. The van der Waals surface area contributed by atoms with Crippen molar-refractivity contribution in [3.63, 3.8) is 0 Å². The zero-order valence-electron chi connectivity index (χ0n) is 15.2. The van der Waals surface area contributed by atoms with Crippen LogP contribution in [0, 0.1) is 17.0 Å². The molecule has 2 aromatic carbocycles. The normalized spacial score (nSPS) is 12.4. The number of likely N-dealkylation sites (N-methyl/N-ethyl adjacent to an activating group) is 1. The van der Waals surface area contributed by atoms with Crippen LogP contribution >= 0.6 is 0 Å². The Morgan fingerprint density at radius 1 is 1.19 bits per heavy atom. The predicted molar refractivity (Wildman–Crippen MR) is 102 cm³/mol. The minimum Gasteiger partial charge on any atom is -0.486 e. The maximum Gasteiger partial charge on any atom is 0.272 e. The third kappa shape index (κ3) is 4.28. The Balaban J connectivity index is 1.68. The van der Waals surface area contributed by atoms with Crippen molar-refractivity contribution in [2.75, 3.05) is 36.5 Å². The summed E-state index contributed by atoms with van der Waals surface area (Å²) >= 11 is 0. The number of nitro benzene ring substituents is 1. The molecule has 0 saturated carbocycles. The van der Waals surface area contributed by atoms with Crippen molar-refractivity contribution in [3.8, 4) is 11.5 Å². The summed E-state index contributed by atoms with van der Waals surface area (Å²) in [5, 5.41) is 13.8. The van der Waals surface area contributed by atoms with Crippen LogP contribution in [0.5, 0.6) is 11.5 Å². The first kappa shape index (κ1) is 18.5. The van der Waals surface area contributed by atoms with Crippen LogP contribution in [0.4, 0.5) is 17.1 Å². The topological polar surface area (TPSA) is 93.9 Å². The summed E-state index contributed by atoms with van der Waals surface area (Å²) in [5.41, 5.74) is 2.01. The van der Waals surface area contributed by atoms with E-state index in [1.54, 1.807) is 37.3 Å². The zero-order chi connectivity index (χ0) is 19.4. The van der Waals surface area contributed by atoms with Gasteiger partial charge >= 0.3 is 0 Å². The van der Waals surface area contributed by atoms with Gasteiger partial charge in [0.15, 0.2) is 11.5 Å². The van der Waals surface area contributed by atoms with Gasteiger partial charge in [0.25, 0.3) is 5.69 Å². The van der Waals surface area contributed by atoms with Crippen molar-refractivity contribution < 1.29 is 19.2 Å². The Bertz CT molecular complexity index is 868. The molecule has 0 aliphatic carbocycles. The van der Waals surface area contributed by atoms with Crippen molar-refractivity contribution in [1.82, 2.24) is 0 Å². The van der Waals surface area contributed by atoms with E-state index in [4.69, 9.17) is 9.47 Å². The predicted octanol–water partition coefficient (Wildman–Crippen LogP) is 3.14. The summed E-state index contributed by atoms with van der Waals surface area (Å²) in [5.74, 6) is 1.08. The van der Waals surface area contributed by atoms with Gasteiger partial charge in [0.05, 0.1) is 11.5 Å². The lowest BCUT2D eigenvalue weighted by molar-refractivity contribution is -0.385. The number of fused-ring (bicyclic) bond motifs is 1. The summed E-state index contributed by atoms with van der Waals surface area (Å²) in [7, 11) is 0. The molecule has 8 nitrogen and oxygen atoms in total. The Hall–Kier alpha value is -3.29. The number of benzene rings is 2. The van der Waals surface area contributed by atoms with Crippen LogP contribution in [0.25, 0.3) is 0 Å². The van der Waals surface area contributed by atoms with Gasteiger partial charge in [-0.1, -0.05) is 0 Å². The van der Waals surface area contributed by atoms with Crippen molar-refractivity contribution in [2.45, 2.75) is 13.8 Å². The minimum atomic E-state index is -0.413. The number of rotatable bonds is 6. The van der Waals surface area contributed by atoms with Gasteiger partial charge in [-0.2, -0.15) is 0 Å². The molecule has 1 amide bonds. The molecule has 142 valence electrons. The maximum atomic E-state index is 12.5. The first-order chi connectivity index (χ1) is 13.0. The number of carbonyl (C=O) groups excluding carboxylic acids is 1. The van der Waals surface area contributed by atoms with E-state index >= 15 is 0 Å². The molecule has 27 heavy (non-hydrogen) atoms. The molecule has 8 heteroatoms. The van der Waals surface area contributed by atoms with Gasteiger partial charge < -0.3 is 19.7 Å². The first-order valence-electron chi connectivity index (χ1n) is 8.67. The molecule has 0 radical (unpaired) electrons. The molecule has 0 spiro atoms. The van der Waals surface area contributed by atoms with Crippen LogP contribution in [-0.4, -0.2) is 37.1 Å². The van der Waals surface area contributed by atoms with Crippen LogP contribution in [0.2, 0.25) is 0 Å². The second-order valence-electron chi connectivity index (χ2n) is 6.15. The molecule has 0 bridgehead atoms. The van der Waals surface area contributed by atoms with Gasteiger partial charge in [-0.15, -0.1) is 0 Å². The van der Waals surface area contributed by atoms with E-state index in [0.717, 1.165) is 5.69 Å². The van der Waals surface area contributed by atoms with E-state index in [0.29, 0.717) is 42.5 Å². The number of amides is 1. The number of anilines is 2. The van der Waals surface area contributed by atoms with Gasteiger partial charge in [-0.25, -0.2) is 0 Å². The molecular weight excluding hydrogens is 350 g/mol. The lowest BCUT2D eigenvalue weighted by Crippen LogP contribution is -2.33. The van der Waals surface area contributed by atoms with Gasteiger partial charge in [0.1, 0.15) is 13.2 Å². The van der Waals surface area contributed by atoms with Crippen molar-refractivity contribution in [1.29, 1.82) is 0 Å². The highest BCUT2D eigenvalue weighted by molar-refractivity contribution is 5.94. The van der Waals surface area contributed by atoms with Gasteiger partial charge in [0, 0.05) is 35.6 Å². The van der Waals surface area contributed by atoms with Crippen molar-refractivity contribution in [2.24, 2.45) is 0 Å². The average molecular weight is 371 g/mol. The van der Waals surface area contributed by atoms with E-state index in [1.165, 1.54) is 6.07 Å². The van der Waals surface area contributed by atoms with Gasteiger partial charge in [0.2, 0.25) is 5.91 Å². The zero-order valence-corrected chi connectivity index (χ0v) is 15.2. The number of nitrogens with zero attached hydrogens (tertiary/aromatic N) is 2. The molecule has 3 rings (SSSR count). The maximum absolute atomic E-state index is 12.5. The number of nitro groups is 1. The summed E-state index contributed by atoms with van der Waals surface area (Å²) in [6.45, 7) is 5.32. The summed E-state index contributed by atoms with van der Waals surface area (Å²) in [6, 6.07) is 10.1. The highest BCUT2D eigenvalue weighted by Gasteiger charge is 2.16. The molecular formula is C19H21N3O5. The second kappa shape index (κ2) is 7.94. The molecule has 0 fully saturated rings. The summed E-state index contributed by atoms with van der Waals surface area (Å²) in [6.07, 6.45) is 0. The Morgan fingerprint density at radius 3 is 2.59 bits per heavy atom. The van der Waals surface area contributed by atoms with E-state index in [-0.39, 0.29) is 18.1 Å². The van der Waals surface area contributed by atoms with Gasteiger partial charge in [-0.3, -0.25) is 14.9 Å². The number of nitrogens with one attached hydrogen (secondary N) is 1. The molecule has 0 aromatic heterocycles. The quantitative estimate of drug-likeness (QED) is 0.619.